The Kier molecular flexibility index (Phi) is 4.51. The van der Waals surface area contributed by atoms with E-state index in [1.165, 1.54) is 29.0 Å². The van der Waals surface area contributed by atoms with Crippen LogP contribution >= 0.6 is 15.9 Å². The predicted molar refractivity (Wildman–Crippen MR) is 100.0 cm³/mol. The lowest BCUT2D eigenvalue weighted by Gasteiger charge is -2.10. The van der Waals surface area contributed by atoms with Crippen molar-refractivity contribution in [3.63, 3.8) is 0 Å². The van der Waals surface area contributed by atoms with E-state index in [4.69, 9.17) is 4.74 Å². The van der Waals surface area contributed by atoms with Gasteiger partial charge >= 0.3 is 6.09 Å². The Balaban J connectivity index is 1.73. The maximum absolute atomic E-state index is 14.2. The molecule has 27 heavy (non-hydrogen) atoms. The SMILES string of the molecule is O=C(Nc1cc(-c2ccccc2F)nc2c(Br)cnn12)Oc1cccnc1. The molecule has 0 saturated heterocycles. The lowest BCUT2D eigenvalue weighted by molar-refractivity contribution is 0.215. The highest BCUT2D eigenvalue weighted by Gasteiger charge is 2.16. The van der Waals surface area contributed by atoms with Gasteiger partial charge in [0.1, 0.15) is 11.6 Å². The number of halogens is 2. The van der Waals surface area contributed by atoms with Crippen LogP contribution in [0.4, 0.5) is 15.0 Å². The molecule has 1 N–H and O–H groups in total. The van der Waals surface area contributed by atoms with Gasteiger partial charge in [0, 0.05) is 17.8 Å². The zero-order chi connectivity index (χ0) is 18.8. The fraction of sp³-hybridized carbons (Fsp3) is 0. The molecule has 3 aromatic heterocycles. The number of benzene rings is 1. The summed E-state index contributed by atoms with van der Waals surface area (Å²) in [7, 11) is 0. The first-order valence-electron chi connectivity index (χ1n) is 7.80. The van der Waals surface area contributed by atoms with Crippen molar-refractivity contribution in [2.24, 2.45) is 0 Å². The first-order valence-corrected chi connectivity index (χ1v) is 8.59. The second kappa shape index (κ2) is 7.12. The lowest BCUT2D eigenvalue weighted by atomic mass is 10.1. The average molecular weight is 428 g/mol. The van der Waals surface area contributed by atoms with Gasteiger partial charge in [0.15, 0.2) is 11.4 Å². The van der Waals surface area contributed by atoms with E-state index < -0.39 is 11.9 Å². The number of nitrogens with one attached hydrogen (secondary N) is 1. The Labute approximate surface area is 161 Å². The van der Waals surface area contributed by atoms with Crippen LogP contribution in [0, 0.1) is 5.82 Å². The van der Waals surface area contributed by atoms with Crippen LogP contribution in [-0.4, -0.2) is 25.7 Å². The number of hydrogen-bond acceptors (Lipinski definition) is 5. The van der Waals surface area contributed by atoms with Crippen molar-refractivity contribution < 1.29 is 13.9 Å². The summed E-state index contributed by atoms with van der Waals surface area (Å²) in [5.74, 6) is 0.142. The Bertz CT molecular complexity index is 1130. The lowest BCUT2D eigenvalue weighted by Crippen LogP contribution is -2.19. The molecule has 0 saturated carbocycles. The van der Waals surface area contributed by atoms with Crippen LogP contribution < -0.4 is 10.1 Å². The standard InChI is InChI=1S/C18H11BrFN5O2/c19-13-10-22-25-16(24-18(26)27-11-4-3-7-21-9-11)8-15(23-17(13)25)12-5-1-2-6-14(12)20/h1-10H,(H,24,26). The van der Waals surface area contributed by atoms with Gasteiger partial charge in [0.25, 0.3) is 0 Å². The molecule has 1 aromatic carbocycles. The number of rotatable bonds is 3. The summed E-state index contributed by atoms with van der Waals surface area (Å²) >= 11 is 3.35. The highest BCUT2D eigenvalue weighted by molar-refractivity contribution is 9.10. The molecule has 0 spiro atoms. The average Bonchev–Trinajstić information content (AvgIpc) is 3.04. The molecule has 0 aliphatic heterocycles. The Morgan fingerprint density at radius 3 is 2.81 bits per heavy atom. The van der Waals surface area contributed by atoms with Crippen LogP contribution in [0.1, 0.15) is 0 Å². The molecule has 4 rings (SSSR count). The smallest absolute Gasteiger partial charge is 0.408 e. The normalized spacial score (nSPS) is 10.7. The third-order valence-corrected chi connectivity index (χ3v) is 4.21. The zero-order valence-electron chi connectivity index (χ0n) is 13.6. The topological polar surface area (TPSA) is 81.4 Å². The van der Waals surface area contributed by atoms with Crippen molar-refractivity contribution in [2.45, 2.75) is 0 Å². The molecule has 0 bridgehead atoms. The van der Waals surface area contributed by atoms with Crippen LogP contribution in [-0.2, 0) is 0 Å². The first-order chi connectivity index (χ1) is 13.1. The van der Waals surface area contributed by atoms with Crippen molar-refractivity contribution in [2.75, 3.05) is 5.32 Å². The third kappa shape index (κ3) is 3.49. The quantitative estimate of drug-likeness (QED) is 0.526. The number of hydrogen-bond donors (Lipinski definition) is 1. The van der Waals surface area contributed by atoms with Gasteiger partial charge in [-0.25, -0.2) is 14.2 Å². The molecule has 0 fully saturated rings. The number of carbonyl (C=O) groups excluding carboxylic acids is 1. The molecule has 0 atom stereocenters. The van der Waals surface area contributed by atoms with Crippen molar-refractivity contribution in [3.05, 3.63) is 71.3 Å². The second-order valence-corrected chi connectivity index (χ2v) is 6.29. The molecule has 134 valence electrons. The Morgan fingerprint density at radius 2 is 2.04 bits per heavy atom. The van der Waals surface area contributed by atoms with Gasteiger partial charge in [0.05, 0.1) is 22.6 Å². The fourth-order valence-corrected chi connectivity index (χ4v) is 2.82. The minimum absolute atomic E-state index is 0.276. The Morgan fingerprint density at radius 1 is 1.19 bits per heavy atom. The maximum Gasteiger partial charge on any atom is 0.418 e. The van der Waals surface area contributed by atoms with Gasteiger partial charge in [-0.3, -0.25) is 10.3 Å². The monoisotopic (exact) mass is 427 g/mol. The first kappa shape index (κ1) is 17.1. The van der Waals surface area contributed by atoms with Gasteiger partial charge in [-0.05, 0) is 40.2 Å². The van der Waals surface area contributed by atoms with Crippen molar-refractivity contribution in [1.29, 1.82) is 0 Å². The van der Waals surface area contributed by atoms with Crippen LogP contribution in [0.15, 0.2) is 65.5 Å². The van der Waals surface area contributed by atoms with E-state index >= 15 is 0 Å². The second-order valence-electron chi connectivity index (χ2n) is 5.44. The summed E-state index contributed by atoms with van der Waals surface area (Å²) in [6.45, 7) is 0. The number of ether oxygens (including phenoxy) is 1. The van der Waals surface area contributed by atoms with Crippen molar-refractivity contribution in [3.8, 4) is 17.0 Å². The van der Waals surface area contributed by atoms with Crippen molar-refractivity contribution >= 4 is 33.5 Å². The summed E-state index contributed by atoms with van der Waals surface area (Å²) in [6.07, 6.45) is 3.78. The van der Waals surface area contributed by atoms with E-state index in [0.29, 0.717) is 21.4 Å². The summed E-state index contributed by atoms with van der Waals surface area (Å²) in [5, 5.41) is 6.77. The molecular weight excluding hydrogens is 417 g/mol. The van der Waals surface area contributed by atoms with Gasteiger partial charge in [-0.2, -0.15) is 9.61 Å². The number of fused-ring (bicyclic) bond motifs is 1. The number of pyridine rings is 1. The van der Waals surface area contributed by atoms with Gasteiger partial charge in [-0.1, -0.05) is 12.1 Å². The molecule has 4 aromatic rings. The number of anilines is 1. The largest absolute Gasteiger partial charge is 0.418 e. The van der Waals surface area contributed by atoms with E-state index in [9.17, 15) is 9.18 Å². The number of aromatic nitrogens is 4. The molecule has 3 heterocycles. The third-order valence-electron chi connectivity index (χ3n) is 3.65. The van der Waals surface area contributed by atoms with Gasteiger partial charge in [-0.15, -0.1) is 0 Å². The molecule has 0 aliphatic carbocycles. The highest BCUT2D eigenvalue weighted by atomic mass is 79.9. The summed E-state index contributed by atoms with van der Waals surface area (Å²) < 4.78 is 21.4. The Hall–Kier alpha value is -3.33. The summed E-state index contributed by atoms with van der Waals surface area (Å²) in [5.41, 5.74) is 1.07. The van der Waals surface area contributed by atoms with Gasteiger partial charge in [0.2, 0.25) is 0 Å². The zero-order valence-corrected chi connectivity index (χ0v) is 15.2. The van der Waals surface area contributed by atoms with Crippen molar-refractivity contribution in [1.82, 2.24) is 19.6 Å². The molecule has 1 amide bonds. The van der Waals surface area contributed by atoms with Crippen LogP contribution in [0.25, 0.3) is 16.9 Å². The van der Waals surface area contributed by atoms with E-state index in [1.54, 1.807) is 36.5 Å². The summed E-state index contributed by atoms with van der Waals surface area (Å²) in [4.78, 5) is 20.5. The van der Waals surface area contributed by atoms with E-state index in [-0.39, 0.29) is 11.6 Å². The van der Waals surface area contributed by atoms with Crippen LogP contribution in [0.5, 0.6) is 5.75 Å². The highest BCUT2D eigenvalue weighted by Crippen LogP contribution is 2.27. The predicted octanol–water partition coefficient (Wildman–Crippen LogP) is 4.30. The summed E-state index contributed by atoms with van der Waals surface area (Å²) in [6, 6.07) is 11.0. The molecule has 0 unspecified atom stereocenters. The van der Waals surface area contributed by atoms with Crippen LogP contribution in [0.2, 0.25) is 0 Å². The van der Waals surface area contributed by atoms with E-state index in [0.717, 1.165) is 0 Å². The number of carbonyl (C=O) groups is 1. The van der Waals surface area contributed by atoms with E-state index in [2.05, 4.69) is 36.3 Å². The molecule has 7 nitrogen and oxygen atoms in total. The van der Waals surface area contributed by atoms with Gasteiger partial charge < -0.3 is 4.74 Å². The number of amides is 1. The number of nitrogens with zero attached hydrogens (tertiary/aromatic N) is 4. The minimum atomic E-state index is -0.735. The molecule has 9 heteroatoms. The molecule has 0 radical (unpaired) electrons. The minimum Gasteiger partial charge on any atom is -0.408 e. The van der Waals surface area contributed by atoms with Crippen LogP contribution in [0.3, 0.4) is 0 Å². The van der Waals surface area contributed by atoms with E-state index in [1.807, 2.05) is 0 Å². The fourth-order valence-electron chi connectivity index (χ4n) is 2.48. The maximum atomic E-state index is 14.2. The molecule has 0 aliphatic rings. The molecular formula is C18H11BrFN5O2.